The predicted molar refractivity (Wildman–Crippen MR) is 47.7 cm³/mol. The third-order valence-electron chi connectivity index (χ3n) is 1.49. The van der Waals surface area contributed by atoms with Crippen LogP contribution in [-0.2, 0) is 6.42 Å². The van der Waals surface area contributed by atoms with Crippen molar-refractivity contribution in [2.24, 2.45) is 5.84 Å². The zero-order valence-corrected chi connectivity index (χ0v) is 8.08. The van der Waals surface area contributed by atoms with Crippen LogP contribution in [0.2, 0.25) is 0 Å². The minimum absolute atomic E-state index is 0.0671. The second-order valence-corrected chi connectivity index (χ2v) is 3.91. The van der Waals surface area contributed by atoms with Crippen molar-refractivity contribution >= 4 is 22.9 Å². The van der Waals surface area contributed by atoms with Gasteiger partial charge in [-0.25, -0.2) is 5.43 Å². The minimum Gasteiger partial charge on any atom is -0.271 e. The molecular formula is C6H8ClF2N3S. The Morgan fingerprint density at radius 2 is 2.46 bits per heavy atom. The number of nitrogens with one attached hydrogen (secondary N) is 1. The van der Waals surface area contributed by atoms with Crippen LogP contribution < -0.4 is 11.3 Å². The first-order chi connectivity index (χ1) is 6.04. The Morgan fingerprint density at radius 3 is 2.85 bits per heavy atom. The van der Waals surface area contributed by atoms with Crippen molar-refractivity contribution in [3.05, 3.63) is 16.6 Å². The summed E-state index contributed by atoms with van der Waals surface area (Å²) in [6, 6.07) is -1.27. The summed E-state index contributed by atoms with van der Waals surface area (Å²) in [6.45, 7) is 0. The molecule has 0 aromatic carbocycles. The lowest BCUT2D eigenvalue weighted by atomic mass is 10.2. The molecule has 0 amide bonds. The number of thiazole rings is 1. The molecule has 0 bridgehead atoms. The minimum atomic E-state index is -3.35. The van der Waals surface area contributed by atoms with Gasteiger partial charge in [-0.3, -0.25) is 10.8 Å². The van der Waals surface area contributed by atoms with Crippen LogP contribution in [0.15, 0.2) is 11.7 Å². The van der Waals surface area contributed by atoms with Gasteiger partial charge in [-0.1, -0.05) is 0 Å². The molecule has 1 heterocycles. The zero-order valence-electron chi connectivity index (χ0n) is 6.51. The summed E-state index contributed by atoms with van der Waals surface area (Å²) >= 11 is 6.11. The first-order valence-electron chi connectivity index (χ1n) is 3.44. The number of hydrogen-bond acceptors (Lipinski definition) is 4. The van der Waals surface area contributed by atoms with Crippen molar-refractivity contribution in [2.75, 3.05) is 0 Å². The van der Waals surface area contributed by atoms with Crippen LogP contribution in [0.4, 0.5) is 8.78 Å². The Kier molecular flexibility index (Phi) is 3.55. The van der Waals surface area contributed by atoms with E-state index in [4.69, 9.17) is 17.4 Å². The fourth-order valence-electron chi connectivity index (χ4n) is 0.813. The summed E-state index contributed by atoms with van der Waals surface area (Å²) in [4.78, 5) is 4.46. The number of rotatable bonds is 4. The molecule has 0 spiro atoms. The van der Waals surface area contributed by atoms with Gasteiger partial charge in [-0.15, -0.1) is 11.3 Å². The predicted octanol–water partition coefficient (Wildman–Crippen LogP) is 1.35. The summed E-state index contributed by atoms with van der Waals surface area (Å²) < 4.78 is 25.2. The fourth-order valence-corrected chi connectivity index (χ4v) is 1.60. The molecule has 13 heavy (non-hydrogen) atoms. The highest BCUT2D eigenvalue weighted by Gasteiger charge is 2.36. The van der Waals surface area contributed by atoms with Crippen molar-refractivity contribution in [3.8, 4) is 0 Å². The summed E-state index contributed by atoms with van der Waals surface area (Å²) in [5, 5.41) is -3.35. The van der Waals surface area contributed by atoms with Gasteiger partial charge in [0.2, 0.25) is 0 Å². The molecule has 7 heteroatoms. The Morgan fingerprint density at radius 1 is 1.77 bits per heavy atom. The molecule has 1 atom stereocenters. The molecule has 0 saturated heterocycles. The van der Waals surface area contributed by atoms with Crippen LogP contribution >= 0.6 is 22.9 Å². The van der Waals surface area contributed by atoms with E-state index in [1.54, 1.807) is 5.51 Å². The monoisotopic (exact) mass is 227 g/mol. The SMILES string of the molecule is NNC(Cc1cncs1)C(F)(F)Cl. The molecule has 3 N–H and O–H groups in total. The van der Waals surface area contributed by atoms with Crippen molar-refractivity contribution < 1.29 is 8.78 Å². The van der Waals surface area contributed by atoms with E-state index in [9.17, 15) is 8.78 Å². The molecule has 0 saturated carbocycles. The van der Waals surface area contributed by atoms with Gasteiger partial charge >= 0.3 is 5.38 Å². The average Bonchev–Trinajstić information content (AvgIpc) is 2.49. The van der Waals surface area contributed by atoms with Crippen molar-refractivity contribution in [3.63, 3.8) is 0 Å². The van der Waals surface area contributed by atoms with Gasteiger partial charge in [-0.2, -0.15) is 8.78 Å². The zero-order chi connectivity index (χ0) is 9.90. The standard InChI is InChI=1S/C6H8ClF2N3S/c7-6(8,9)5(12-10)1-4-2-11-3-13-4/h2-3,5,12H,1,10H2. The lowest BCUT2D eigenvalue weighted by molar-refractivity contribution is 0.0506. The Balaban J connectivity index is 2.60. The molecule has 0 aliphatic rings. The summed E-state index contributed by atoms with van der Waals surface area (Å²) in [5.41, 5.74) is 3.54. The molecule has 3 nitrogen and oxygen atoms in total. The molecule has 1 aromatic rings. The molecular weight excluding hydrogens is 220 g/mol. The molecule has 1 unspecified atom stereocenters. The first kappa shape index (κ1) is 10.8. The quantitative estimate of drug-likeness (QED) is 0.464. The van der Waals surface area contributed by atoms with E-state index in [-0.39, 0.29) is 6.42 Å². The van der Waals surface area contributed by atoms with Crippen LogP contribution in [0.3, 0.4) is 0 Å². The van der Waals surface area contributed by atoms with Crippen LogP contribution in [0.25, 0.3) is 0 Å². The van der Waals surface area contributed by atoms with E-state index < -0.39 is 11.4 Å². The molecule has 74 valence electrons. The molecule has 0 aliphatic heterocycles. The number of halogens is 3. The largest absolute Gasteiger partial charge is 0.338 e. The lowest BCUT2D eigenvalue weighted by Gasteiger charge is -2.19. The van der Waals surface area contributed by atoms with E-state index in [0.29, 0.717) is 4.88 Å². The molecule has 0 radical (unpaired) electrons. The normalized spacial score (nSPS) is 14.5. The van der Waals surface area contributed by atoms with Crippen LogP contribution in [0.1, 0.15) is 4.88 Å². The highest BCUT2D eigenvalue weighted by molar-refractivity contribution is 7.09. The summed E-state index contributed by atoms with van der Waals surface area (Å²) in [5.74, 6) is 4.95. The second kappa shape index (κ2) is 4.28. The third kappa shape index (κ3) is 3.15. The smallest absolute Gasteiger partial charge is 0.271 e. The van der Waals surface area contributed by atoms with Crippen molar-refractivity contribution in [1.29, 1.82) is 0 Å². The highest BCUT2D eigenvalue weighted by Crippen LogP contribution is 2.26. The van der Waals surface area contributed by atoms with Crippen molar-refractivity contribution in [2.45, 2.75) is 17.8 Å². The van der Waals surface area contributed by atoms with Crippen LogP contribution in [0, 0.1) is 0 Å². The van der Waals surface area contributed by atoms with E-state index in [0.717, 1.165) is 0 Å². The van der Waals surface area contributed by atoms with E-state index >= 15 is 0 Å². The lowest BCUT2D eigenvalue weighted by Crippen LogP contribution is -2.46. The molecule has 1 rings (SSSR count). The van der Waals surface area contributed by atoms with E-state index in [1.807, 2.05) is 5.43 Å². The molecule has 1 aromatic heterocycles. The maximum Gasteiger partial charge on any atom is 0.338 e. The summed E-state index contributed by atoms with van der Waals surface area (Å²) in [6.07, 6.45) is 1.58. The summed E-state index contributed by atoms with van der Waals surface area (Å²) in [7, 11) is 0. The molecule has 0 fully saturated rings. The Labute approximate surface area is 82.9 Å². The van der Waals surface area contributed by atoms with Gasteiger partial charge in [0.1, 0.15) is 6.04 Å². The second-order valence-electron chi connectivity index (χ2n) is 2.43. The van der Waals surface area contributed by atoms with Gasteiger partial charge in [0.05, 0.1) is 5.51 Å². The van der Waals surface area contributed by atoms with Gasteiger partial charge in [-0.05, 0) is 11.6 Å². The topological polar surface area (TPSA) is 50.9 Å². The fraction of sp³-hybridized carbons (Fsp3) is 0.500. The average molecular weight is 228 g/mol. The number of hydrazine groups is 1. The Bertz CT molecular complexity index is 249. The van der Waals surface area contributed by atoms with E-state index in [2.05, 4.69) is 4.98 Å². The highest BCUT2D eigenvalue weighted by atomic mass is 35.5. The van der Waals surface area contributed by atoms with Gasteiger partial charge in [0.25, 0.3) is 0 Å². The van der Waals surface area contributed by atoms with E-state index in [1.165, 1.54) is 17.5 Å². The number of nitrogens with two attached hydrogens (primary N) is 1. The van der Waals surface area contributed by atoms with Crippen LogP contribution in [0.5, 0.6) is 0 Å². The van der Waals surface area contributed by atoms with Gasteiger partial charge < -0.3 is 0 Å². The van der Waals surface area contributed by atoms with Crippen molar-refractivity contribution in [1.82, 2.24) is 10.4 Å². The Hall–Kier alpha value is -0.300. The number of alkyl halides is 3. The molecule has 0 aliphatic carbocycles. The number of hydrogen-bond donors (Lipinski definition) is 2. The van der Waals surface area contributed by atoms with Gasteiger partial charge in [0, 0.05) is 17.5 Å². The number of aromatic nitrogens is 1. The number of nitrogens with zero attached hydrogens (tertiary/aromatic N) is 1. The van der Waals surface area contributed by atoms with Gasteiger partial charge in [0.15, 0.2) is 0 Å². The third-order valence-corrected chi connectivity index (χ3v) is 2.55. The maximum absolute atomic E-state index is 12.6. The van der Waals surface area contributed by atoms with Crippen LogP contribution in [-0.4, -0.2) is 16.4 Å². The maximum atomic E-state index is 12.6. The first-order valence-corrected chi connectivity index (χ1v) is 4.70.